The summed E-state index contributed by atoms with van der Waals surface area (Å²) in [5, 5.41) is 12.4. The molecule has 0 radical (unpaired) electrons. The number of halogens is 2. The van der Waals surface area contributed by atoms with Gasteiger partial charge >= 0.3 is 0 Å². The van der Waals surface area contributed by atoms with Crippen LogP contribution in [0.3, 0.4) is 0 Å². The smallest absolute Gasteiger partial charge is 0.250 e. The highest BCUT2D eigenvalue weighted by Gasteiger charge is 2.05. The van der Waals surface area contributed by atoms with Gasteiger partial charge in [0.25, 0.3) is 0 Å². The third kappa shape index (κ3) is 3.47. The van der Waals surface area contributed by atoms with Gasteiger partial charge in [-0.1, -0.05) is 41.4 Å². The minimum Gasteiger partial charge on any atom is -0.387 e. The summed E-state index contributed by atoms with van der Waals surface area (Å²) >= 11 is 12.0. The van der Waals surface area contributed by atoms with E-state index in [-0.39, 0.29) is 0 Å². The molecule has 0 saturated carbocycles. The van der Waals surface area contributed by atoms with Crippen molar-refractivity contribution in [3.05, 3.63) is 52.5 Å². The first-order valence-corrected chi connectivity index (χ1v) is 6.32. The monoisotopic (exact) mass is 295 g/mol. The molecule has 0 aliphatic heterocycles. The Morgan fingerprint density at radius 1 is 1.11 bits per heavy atom. The van der Waals surface area contributed by atoms with E-state index in [0.717, 1.165) is 11.1 Å². The summed E-state index contributed by atoms with van der Waals surface area (Å²) in [7, 11) is 0. The van der Waals surface area contributed by atoms with Crippen LogP contribution in [-0.4, -0.2) is 17.6 Å². The van der Waals surface area contributed by atoms with Crippen LogP contribution in [0.1, 0.15) is 0 Å². The molecule has 0 heterocycles. The van der Waals surface area contributed by atoms with Crippen LogP contribution in [0.5, 0.6) is 0 Å². The van der Waals surface area contributed by atoms with Gasteiger partial charge in [-0.25, -0.2) is 0 Å². The highest BCUT2D eigenvalue weighted by Crippen LogP contribution is 2.30. The van der Waals surface area contributed by atoms with Gasteiger partial charge in [0, 0.05) is 21.3 Å². The van der Waals surface area contributed by atoms with E-state index in [0.29, 0.717) is 15.7 Å². The second-order valence-corrected chi connectivity index (χ2v) is 4.75. The largest absolute Gasteiger partial charge is 0.387 e. The standard InChI is InChI=1S/C14H11Cl2NO2/c15-10-3-6-12(13(16)7-10)9-1-4-11(5-2-9)17-14(19)8-18/h1-7,18H,8H2,(H,17,19). The van der Waals surface area contributed by atoms with Crippen LogP contribution in [0.4, 0.5) is 5.69 Å². The molecule has 2 N–H and O–H groups in total. The Kier molecular flexibility index (Phi) is 4.43. The number of hydrogen-bond donors (Lipinski definition) is 2. The van der Waals surface area contributed by atoms with E-state index in [1.54, 1.807) is 24.3 Å². The Bertz CT molecular complexity index is 597. The van der Waals surface area contributed by atoms with Gasteiger partial charge in [-0.05, 0) is 29.8 Å². The number of rotatable bonds is 3. The molecular weight excluding hydrogens is 285 g/mol. The van der Waals surface area contributed by atoms with Gasteiger partial charge in [-0.3, -0.25) is 4.79 Å². The van der Waals surface area contributed by atoms with Gasteiger partial charge in [0.15, 0.2) is 0 Å². The average molecular weight is 296 g/mol. The Balaban J connectivity index is 2.25. The maximum absolute atomic E-state index is 11.0. The molecule has 0 unspecified atom stereocenters. The van der Waals surface area contributed by atoms with E-state index < -0.39 is 12.5 Å². The number of carbonyl (C=O) groups excluding carboxylic acids is 1. The summed E-state index contributed by atoms with van der Waals surface area (Å²) in [6.45, 7) is -0.537. The Morgan fingerprint density at radius 2 is 1.79 bits per heavy atom. The first-order valence-electron chi connectivity index (χ1n) is 5.56. The van der Waals surface area contributed by atoms with Crippen LogP contribution >= 0.6 is 23.2 Å². The van der Waals surface area contributed by atoms with Crippen LogP contribution in [0.25, 0.3) is 11.1 Å². The van der Waals surface area contributed by atoms with E-state index >= 15 is 0 Å². The summed E-state index contributed by atoms with van der Waals surface area (Å²) < 4.78 is 0. The summed E-state index contributed by atoms with van der Waals surface area (Å²) in [4.78, 5) is 11.0. The fourth-order valence-corrected chi connectivity index (χ4v) is 2.17. The number of amides is 1. The predicted molar refractivity (Wildman–Crippen MR) is 77.6 cm³/mol. The maximum atomic E-state index is 11.0. The average Bonchev–Trinajstić information content (AvgIpc) is 2.40. The van der Waals surface area contributed by atoms with E-state index in [2.05, 4.69) is 5.32 Å². The molecule has 5 heteroatoms. The molecule has 2 aromatic carbocycles. The van der Waals surface area contributed by atoms with Crippen molar-refractivity contribution < 1.29 is 9.90 Å². The molecular formula is C14H11Cl2NO2. The normalized spacial score (nSPS) is 10.3. The molecule has 0 aromatic heterocycles. The third-order valence-electron chi connectivity index (χ3n) is 2.55. The number of nitrogens with one attached hydrogen (secondary N) is 1. The zero-order chi connectivity index (χ0) is 13.8. The first kappa shape index (κ1) is 13.9. The van der Waals surface area contributed by atoms with Crippen LogP contribution in [-0.2, 0) is 4.79 Å². The SMILES string of the molecule is O=C(CO)Nc1ccc(-c2ccc(Cl)cc2Cl)cc1. The topological polar surface area (TPSA) is 49.3 Å². The van der Waals surface area contributed by atoms with E-state index in [1.165, 1.54) is 0 Å². The van der Waals surface area contributed by atoms with Crippen molar-refractivity contribution in [1.82, 2.24) is 0 Å². The molecule has 1 amide bonds. The molecule has 0 fully saturated rings. The second-order valence-electron chi connectivity index (χ2n) is 3.91. The van der Waals surface area contributed by atoms with E-state index in [9.17, 15) is 4.79 Å². The maximum Gasteiger partial charge on any atom is 0.250 e. The lowest BCUT2D eigenvalue weighted by molar-refractivity contribution is -0.118. The minimum atomic E-state index is -0.537. The number of aliphatic hydroxyl groups is 1. The van der Waals surface area contributed by atoms with Crippen molar-refractivity contribution in [2.45, 2.75) is 0 Å². The number of benzene rings is 2. The summed E-state index contributed by atoms with van der Waals surface area (Å²) in [5.74, 6) is -0.447. The van der Waals surface area contributed by atoms with Crippen LogP contribution < -0.4 is 5.32 Å². The van der Waals surface area contributed by atoms with Crippen molar-refractivity contribution in [2.75, 3.05) is 11.9 Å². The molecule has 0 bridgehead atoms. The summed E-state index contributed by atoms with van der Waals surface area (Å²) in [6, 6.07) is 12.4. The van der Waals surface area contributed by atoms with Crippen molar-refractivity contribution >= 4 is 34.8 Å². The number of carbonyl (C=O) groups is 1. The van der Waals surface area contributed by atoms with Crippen molar-refractivity contribution in [3.8, 4) is 11.1 Å². The van der Waals surface area contributed by atoms with Gasteiger partial charge in [0.1, 0.15) is 6.61 Å². The molecule has 0 aliphatic carbocycles. The van der Waals surface area contributed by atoms with Crippen molar-refractivity contribution in [1.29, 1.82) is 0 Å². The molecule has 2 rings (SSSR count). The van der Waals surface area contributed by atoms with Gasteiger partial charge in [0.2, 0.25) is 5.91 Å². The number of aliphatic hydroxyl groups excluding tert-OH is 1. The fraction of sp³-hybridized carbons (Fsp3) is 0.0714. The molecule has 0 aliphatic rings. The van der Waals surface area contributed by atoms with Crippen molar-refractivity contribution in [3.63, 3.8) is 0 Å². The van der Waals surface area contributed by atoms with Crippen LogP contribution in [0.15, 0.2) is 42.5 Å². The molecule has 0 atom stereocenters. The molecule has 19 heavy (non-hydrogen) atoms. The quantitative estimate of drug-likeness (QED) is 0.909. The van der Waals surface area contributed by atoms with Gasteiger partial charge < -0.3 is 10.4 Å². The zero-order valence-corrected chi connectivity index (χ0v) is 11.4. The van der Waals surface area contributed by atoms with Crippen LogP contribution in [0.2, 0.25) is 10.0 Å². The van der Waals surface area contributed by atoms with Gasteiger partial charge in [0.05, 0.1) is 0 Å². The Morgan fingerprint density at radius 3 is 2.37 bits per heavy atom. The Hall–Kier alpha value is -1.55. The lowest BCUT2D eigenvalue weighted by Crippen LogP contribution is -2.15. The highest BCUT2D eigenvalue weighted by molar-refractivity contribution is 6.36. The predicted octanol–water partition coefficient (Wildman–Crippen LogP) is 3.59. The number of hydrogen-bond acceptors (Lipinski definition) is 2. The van der Waals surface area contributed by atoms with Gasteiger partial charge in [-0.2, -0.15) is 0 Å². The molecule has 0 saturated heterocycles. The Labute approximate surface area is 120 Å². The van der Waals surface area contributed by atoms with E-state index in [4.69, 9.17) is 28.3 Å². The molecule has 98 valence electrons. The summed E-state index contributed by atoms with van der Waals surface area (Å²) in [6.07, 6.45) is 0. The zero-order valence-electron chi connectivity index (χ0n) is 9.86. The molecule has 0 spiro atoms. The second kappa shape index (κ2) is 6.06. The fourth-order valence-electron chi connectivity index (χ4n) is 1.66. The summed E-state index contributed by atoms with van der Waals surface area (Å²) in [5.41, 5.74) is 2.41. The first-order chi connectivity index (χ1) is 9.10. The third-order valence-corrected chi connectivity index (χ3v) is 3.10. The van der Waals surface area contributed by atoms with Crippen molar-refractivity contribution in [2.24, 2.45) is 0 Å². The molecule has 2 aromatic rings. The van der Waals surface area contributed by atoms with Crippen LogP contribution in [0, 0.1) is 0 Å². The highest BCUT2D eigenvalue weighted by atomic mass is 35.5. The minimum absolute atomic E-state index is 0.447. The van der Waals surface area contributed by atoms with E-state index in [1.807, 2.05) is 18.2 Å². The lowest BCUT2D eigenvalue weighted by Gasteiger charge is -2.07. The lowest BCUT2D eigenvalue weighted by atomic mass is 10.1. The molecule has 3 nitrogen and oxygen atoms in total. The number of anilines is 1. The van der Waals surface area contributed by atoms with Gasteiger partial charge in [-0.15, -0.1) is 0 Å².